The van der Waals surface area contributed by atoms with Crippen molar-refractivity contribution >= 4 is 93.2 Å². The number of hydrogen-bond acceptors (Lipinski definition) is 2. The Bertz CT molecular complexity index is 3100. The lowest BCUT2D eigenvalue weighted by atomic mass is 9.43. The highest BCUT2D eigenvalue weighted by atomic mass is 32.1. The van der Waals surface area contributed by atoms with Gasteiger partial charge in [0.15, 0.2) is 0 Å². The molecule has 4 heterocycles. The number of anilines is 2. The summed E-state index contributed by atoms with van der Waals surface area (Å²) in [5.41, 5.74) is 16.7. The van der Waals surface area contributed by atoms with Gasteiger partial charge in [-0.1, -0.05) is 119 Å². The molecule has 254 valence electrons. The Balaban J connectivity index is 1.30. The topological polar surface area (TPSA) is 8.17 Å². The molecule has 3 aliphatic rings. The highest BCUT2D eigenvalue weighted by Gasteiger charge is 2.46. The zero-order valence-corrected chi connectivity index (χ0v) is 31.7. The van der Waals surface area contributed by atoms with Gasteiger partial charge in [0.1, 0.15) is 0 Å². The average Bonchev–Trinajstić information content (AvgIpc) is 3.71. The summed E-state index contributed by atoms with van der Waals surface area (Å²) < 4.78 is 5.34. The van der Waals surface area contributed by atoms with Crippen molar-refractivity contribution in [3.63, 3.8) is 0 Å². The maximum Gasteiger partial charge on any atom is 0.333 e. The van der Waals surface area contributed by atoms with Crippen LogP contribution in [0, 0.1) is 6.92 Å². The van der Waals surface area contributed by atoms with Crippen molar-refractivity contribution in [3.05, 3.63) is 138 Å². The van der Waals surface area contributed by atoms with Gasteiger partial charge in [-0.2, -0.15) is 0 Å². The van der Waals surface area contributed by atoms with Crippen molar-refractivity contribution in [2.24, 2.45) is 0 Å². The van der Waals surface area contributed by atoms with Crippen LogP contribution in [0.1, 0.15) is 57.2 Å². The predicted octanol–water partition coefficient (Wildman–Crippen LogP) is 12.2. The van der Waals surface area contributed by atoms with Crippen LogP contribution in [0.2, 0.25) is 0 Å². The van der Waals surface area contributed by atoms with Crippen molar-refractivity contribution in [2.45, 2.75) is 58.3 Å². The SMILES string of the molecule is Cc1cc2c(cc1N1B3c4c(cc5ccccc5c4-n4c5ccccc5c5cccc3c54)-c3c1ccc1c3sc3ccccc31)C(C)(C)CCC2(C)C. The van der Waals surface area contributed by atoms with Crippen LogP contribution < -0.4 is 15.7 Å². The number of aromatic nitrogens is 1. The molecule has 0 fully saturated rings. The lowest BCUT2D eigenvalue weighted by Crippen LogP contribution is -2.60. The average molecular weight is 699 g/mol. The molecule has 0 bridgehead atoms. The minimum atomic E-state index is 0.000842. The lowest BCUT2D eigenvalue weighted by molar-refractivity contribution is 0.332. The van der Waals surface area contributed by atoms with E-state index in [4.69, 9.17) is 0 Å². The molecule has 2 aliphatic heterocycles. The summed E-state index contributed by atoms with van der Waals surface area (Å²) in [6.07, 6.45) is 2.40. The molecule has 0 amide bonds. The normalized spacial score (nSPS) is 16.5. The van der Waals surface area contributed by atoms with Crippen molar-refractivity contribution in [1.82, 2.24) is 4.57 Å². The van der Waals surface area contributed by atoms with Crippen LogP contribution in [0.5, 0.6) is 0 Å². The van der Waals surface area contributed by atoms with Crippen molar-refractivity contribution in [3.8, 4) is 16.8 Å². The summed E-state index contributed by atoms with van der Waals surface area (Å²) in [5.74, 6) is 0. The van der Waals surface area contributed by atoms with Crippen LogP contribution in [0.4, 0.5) is 11.4 Å². The van der Waals surface area contributed by atoms with Crippen LogP contribution in [0.15, 0.2) is 121 Å². The Morgan fingerprint density at radius 1 is 0.623 bits per heavy atom. The maximum absolute atomic E-state index is 2.77. The first-order valence-electron chi connectivity index (χ1n) is 19.2. The molecule has 0 saturated carbocycles. The molecule has 2 aromatic heterocycles. The van der Waals surface area contributed by atoms with Crippen molar-refractivity contribution in [1.29, 1.82) is 0 Å². The lowest BCUT2D eigenvalue weighted by Gasteiger charge is -2.46. The summed E-state index contributed by atoms with van der Waals surface area (Å²) in [5, 5.41) is 7.93. The predicted molar refractivity (Wildman–Crippen MR) is 230 cm³/mol. The van der Waals surface area contributed by atoms with Gasteiger partial charge in [0, 0.05) is 53.3 Å². The van der Waals surface area contributed by atoms with Crippen LogP contribution in [0.25, 0.3) is 69.6 Å². The van der Waals surface area contributed by atoms with Gasteiger partial charge in [0.25, 0.3) is 0 Å². The Kier molecular flexibility index (Phi) is 5.70. The number of benzene rings is 7. The second-order valence-corrected chi connectivity index (χ2v) is 18.2. The molecule has 9 aromatic rings. The summed E-state index contributed by atoms with van der Waals surface area (Å²) in [6.45, 7) is 12.2. The molecule has 0 atom stereocenters. The Morgan fingerprint density at radius 2 is 1.32 bits per heavy atom. The zero-order chi connectivity index (χ0) is 35.5. The third-order valence-electron chi connectivity index (χ3n) is 13.3. The molecule has 1 aliphatic carbocycles. The van der Waals surface area contributed by atoms with E-state index in [1.807, 2.05) is 11.3 Å². The maximum atomic E-state index is 2.77. The number of fused-ring (bicyclic) bond motifs is 14. The standard InChI is InChI=1S/C49H39BN2S/c1-28-25-36-37(49(4,5)24-23-48(36,2)3)27-41(28)52-40-22-21-34-32-16-9-11-20-42(32)53-47(34)43(40)35-26-29-13-6-7-14-30(29)46-44(35)50(52)38-18-12-17-33-31-15-8-10-19-39(31)51(46)45(33)38/h6-22,25-27H,23-24H2,1-5H3. The molecule has 0 radical (unpaired) electrons. The molecule has 53 heavy (non-hydrogen) atoms. The molecular formula is C49H39BN2S. The van der Waals surface area contributed by atoms with E-state index in [-0.39, 0.29) is 17.7 Å². The molecule has 0 spiro atoms. The largest absolute Gasteiger partial charge is 0.376 e. The smallest absolute Gasteiger partial charge is 0.333 e. The molecule has 0 N–H and O–H groups in total. The molecule has 0 saturated heterocycles. The molecular weight excluding hydrogens is 659 g/mol. The minimum Gasteiger partial charge on any atom is -0.376 e. The number of para-hydroxylation sites is 2. The number of nitrogens with zero attached hydrogens (tertiary/aromatic N) is 2. The van der Waals surface area contributed by atoms with E-state index >= 15 is 0 Å². The van der Waals surface area contributed by atoms with Crippen LogP contribution in [0.3, 0.4) is 0 Å². The van der Waals surface area contributed by atoms with Gasteiger partial charge in [0.2, 0.25) is 0 Å². The highest BCUT2D eigenvalue weighted by molar-refractivity contribution is 7.26. The van der Waals surface area contributed by atoms with E-state index in [9.17, 15) is 0 Å². The van der Waals surface area contributed by atoms with Gasteiger partial charge in [-0.05, 0) is 99.5 Å². The summed E-state index contributed by atoms with van der Waals surface area (Å²) >= 11 is 1.95. The summed E-state index contributed by atoms with van der Waals surface area (Å²) in [4.78, 5) is 2.77. The second kappa shape index (κ2) is 10.0. The van der Waals surface area contributed by atoms with Crippen molar-refractivity contribution < 1.29 is 0 Å². The third-order valence-corrected chi connectivity index (χ3v) is 14.5. The summed E-state index contributed by atoms with van der Waals surface area (Å²) in [6, 6.07) is 46.7. The van der Waals surface area contributed by atoms with Gasteiger partial charge >= 0.3 is 6.85 Å². The van der Waals surface area contributed by atoms with Gasteiger partial charge in [-0.3, -0.25) is 0 Å². The van der Waals surface area contributed by atoms with Crippen LogP contribution in [-0.4, -0.2) is 11.4 Å². The van der Waals surface area contributed by atoms with Crippen LogP contribution in [-0.2, 0) is 10.8 Å². The molecule has 4 heteroatoms. The Hall–Kier alpha value is -5.32. The van der Waals surface area contributed by atoms with E-state index in [0.717, 1.165) is 0 Å². The monoisotopic (exact) mass is 698 g/mol. The fourth-order valence-corrected chi connectivity index (χ4v) is 11.9. The van der Waals surface area contributed by atoms with Gasteiger partial charge < -0.3 is 9.38 Å². The second-order valence-electron chi connectivity index (χ2n) is 17.2. The number of rotatable bonds is 1. The number of hydrogen-bond donors (Lipinski definition) is 0. The van der Waals surface area contributed by atoms with Gasteiger partial charge in [0.05, 0.1) is 16.7 Å². The molecule has 0 unspecified atom stereocenters. The third kappa shape index (κ3) is 3.75. The molecule has 12 rings (SSSR count). The Labute approximate surface area is 314 Å². The van der Waals surface area contributed by atoms with E-state index in [2.05, 4.69) is 165 Å². The zero-order valence-electron chi connectivity index (χ0n) is 30.8. The molecule has 2 nitrogen and oxygen atoms in total. The quantitative estimate of drug-likeness (QED) is 0.155. The first kappa shape index (κ1) is 30.2. The number of aryl methyl sites for hydroxylation is 1. The van der Waals surface area contributed by atoms with Crippen molar-refractivity contribution in [2.75, 3.05) is 4.81 Å². The molecule has 7 aromatic carbocycles. The summed E-state index contributed by atoms with van der Waals surface area (Å²) in [7, 11) is 0. The van der Waals surface area contributed by atoms with E-state index in [1.165, 1.54) is 121 Å². The van der Waals surface area contributed by atoms with E-state index in [0.29, 0.717) is 0 Å². The highest BCUT2D eigenvalue weighted by Crippen LogP contribution is 2.53. The van der Waals surface area contributed by atoms with Crippen LogP contribution >= 0.6 is 11.3 Å². The fraction of sp³-hybridized carbons (Fsp3) is 0.184. The fourth-order valence-electron chi connectivity index (χ4n) is 10.6. The van der Waals surface area contributed by atoms with Gasteiger partial charge in [-0.25, -0.2) is 0 Å². The Morgan fingerprint density at radius 3 is 2.15 bits per heavy atom. The first-order chi connectivity index (χ1) is 25.7. The minimum absolute atomic E-state index is 0.000842. The number of thiophene rings is 1. The first-order valence-corrected chi connectivity index (χ1v) is 20.0. The van der Waals surface area contributed by atoms with Gasteiger partial charge in [-0.15, -0.1) is 11.3 Å². The van der Waals surface area contributed by atoms with E-state index < -0.39 is 0 Å². The van der Waals surface area contributed by atoms with E-state index in [1.54, 1.807) is 0 Å².